The van der Waals surface area contributed by atoms with Gasteiger partial charge in [-0.1, -0.05) is 34.1 Å². The molecule has 1 N–H and O–H groups in total. The summed E-state index contributed by atoms with van der Waals surface area (Å²) in [5.41, 5.74) is -0.0176. The Labute approximate surface area is 86.5 Å². The fourth-order valence-corrected chi connectivity index (χ4v) is 1.18. The second kappa shape index (κ2) is 5.64. The van der Waals surface area contributed by atoms with Crippen LogP contribution in [0.2, 0.25) is 0 Å². The monoisotopic (exact) mass is 196 g/mol. The molecule has 0 aromatic carbocycles. The van der Waals surface area contributed by atoms with Crippen LogP contribution in [-0.4, -0.2) is 11.9 Å². The third-order valence-corrected chi connectivity index (χ3v) is 1.76. The smallest absolute Gasteiger partial charge is 0.221 e. The number of carbonyl (C=O) groups excluding carboxylic acids is 1. The van der Waals surface area contributed by atoms with E-state index in [0.29, 0.717) is 6.42 Å². The Kier molecular flexibility index (Phi) is 5.22. The summed E-state index contributed by atoms with van der Waals surface area (Å²) in [4.78, 5) is 11.4. The Hall–Kier alpha value is -1.04. The molecule has 0 aromatic heterocycles. The number of rotatable bonds is 4. The van der Waals surface area contributed by atoms with Gasteiger partial charge >= 0.3 is 0 Å². The highest BCUT2D eigenvalue weighted by Gasteiger charge is 2.18. The second-order valence-corrected chi connectivity index (χ2v) is 4.78. The Morgan fingerprint density at radius 2 is 2.07 bits per heavy atom. The first-order valence-corrected chi connectivity index (χ1v) is 5.08. The topological polar surface area (TPSA) is 52.9 Å². The number of hydrogen-bond donors (Lipinski definition) is 1. The summed E-state index contributed by atoms with van der Waals surface area (Å²) in [7, 11) is 0. The van der Waals surface area contributed by atoms with E-state index in [1.54, 1.807) is 0 Å². The van der Waals surface area contributed by atoms with E-state index < -0.39 is 0 Å². The minimum atomic E-state index is -0.324. The van der Waals surface area contributed by atoms with E-state index in [9.17, 15) is 4.79 Å². The Balaban J connectivity index is 3.99. The summed E-state index contributed by atoms with van der Waals surface area (Å²) >= 11 is 0. The molecule has 0 heterocycles. The maximum absolute atomic E-state index is 11.4. The molecular weight excluding hydrogens is 176 g/mol. The molecule has 0 rings (SSSR count). The fourth-order valence-electron chi connectivity index (χ4n) is 1.18. The standard InChI is InChI=1S/C11H20N2O/c1-5-6-9(8-12)13-10(14)7-11(2,3)4/h9H,5-7H2,1-4H3,(H,13,14). The Morgan fingerprint density at radius 3 is 2.43 bits per heavy atom. The van der Waals surface area contributed by atoms with E-state index in [0.717, 1.165) is 12.8 Å². The van der Waals surface area contributed by atoms with E-state index in [2.05, 4.69) is 11.4 Å². The quantitative estimate of drug-likeness (QED) is 0.749. The zero-order chi connectivity index (χ0) is 11.2. The third kappa shape index (κ3) is 6.47. The van der Waals surface area contributed by atoms with Gasteiger partial charge in [0.2, 0.25) is 5.91 Å². The Morgan fingerprint density at radius 1 is 1.50 bits per heavy atom. The molecule has 1 unspecified atom stereocenters. The summed E-state index contributed by atoms with van der Waals surface area (Å²) in [6.07, 6.45) is 2.11. The van der Waals surface area contributed by atoms with Crippen molar-refractivity contribution in [2.24, 2.45) is 5.41 Å². The second-order valence-electron chi connectivity index (χ2n) is 4.78. The minimum absolute atomic E-state index is 0.0176. The van der Waals surface area contributed by atoms with Crippen molar-refractivity contribution in [1.29, 1.82) is 5.26 Å². The molecule has 0 aliphatic carbocycles. The molecule has 0 saturated heterocycles. The molecular formula is C11H20N2O. The molecule has 0 bridgehead atoms. The minimum Gasteiger partial charge on any atom is -0.340 e. The van der Waals surface area contributed by atoms with Gasteiger partial charge in [0.05, 0.1) is 6.07 Å². The lowest BCUT2D eigenvalue weighted by molar-refractivity contribution is -0.123. The molecule has 0 saturated carbocycles. The maximum atomic E-state index is 11.4. The number of hydrogen-bond acceptors (Lipinski definition) is 2. The lowest BCUT2D eigenvalue weighted by Gasteiger charge is -2.18. The summed E-state index contributed by atoms with van der Waals surface area (Å²) in [6.45, 7) is 8.02. The summed E-state index contributed by atoms with van der Waals surface area (Å²) in [6, 6.07) is 1.76. The summed E-state index contributed by atoms with van der Waals surface area (Å²) in [5.74, 6) is -0.0301. The first-order valence-electron chi connectivity index (χ1n) is 5.08. The van der Waals surface area contributed by atoms with Crippen molar-refractivity contribution in [1.82, 2.24) is 5.32 Å². The SMILES string of the molecule is CCCC(C#N)NC(=O)CC(C)(C)C. The van der Waals surface area contributed by atoms with Crippen LogP contribution in [0.4, 0.5) is 0 Å². The van der Waals surface area contributed by atoms with E-state index in [1.165, 1.54) is 0 Å². The number of carbonyl (C=O) groups is 1. The van der Waals surface area contributed by atoms with Gasteiger partial charge in [-0.05, 0) is 11.8 Å². The lowest BCUT2D eigenvalue weighted by Crippen LogP contribution is -2.35. The molecule has 3 nitrogen and oxygen atoms in total. The van der Waals surface area contributed by atoms with Gasteiger partial charge in [0, 0.05) is 6.42 Å². The molecule has 0 aliphatic rings. The van der Waals surface area contributed by atoms with Crippen molar-refractivity contribution in [3.8, 4) is 6.07 Å². The van der Waals surface area contributed by atoms with Crippen LogP contribution in [0.1, 0.15) is 47.0 Å². The van der Waals surface area contributed by atoms with Crippen molar-refractivity contribution >= 4 is 5.91 Å². The first kappa shape index (κ1) is 13.0. The molecule has 0 spiro atoms. The van der Waals surface area contributed by atoms with Crippen LogP contribution in [0.3, 0.4) is 0 Å². The molecule has 0 fully saturated rings. The van der Waals surface area contributed by atoms with E-state index >= 15 is 0 Å². The predicted octanol–water partition coefficient (Wildman–Crippen LogP) is 2.23. The highest BCUT2D eigenvalue weighted by atomic mass is 16.1. The molecule has 80 valence electrons. The van der Waals surface area contributed by atoms with Crippen molar-refractivity contribution < 1.29 is 4.79 Å². The van der Waals surface area contributed by atoms with Gasteiger partial charge in [-0.3, -0.25) is 4.79 Å². The average molecular weight is 196 g/mol. The van der Waals surface area contributed by atoms with Crippen LogP contribution in [0, 0.1) is 16.7 Å². The Bertz CT molecular complexity index is 222. The first-order chi connectivity index (χ1) is 6.39. The molecule has 1 atom stereocenters. The van der Waals surface area contributed by atoms with Gasteiger partial charge in [-0.15, -0.1) is 0 Å². The average Bonchev–Trinajstić information content (AvgIpc) is 2.00. The fraction of sp³-hybridized carbons (Fsp3) is 0.818. The third-order valence-electron chi connectivity index (χ3n) is 1.76. The van der Waals surface area contributed by atoms with Crippen LogP contribution in [0.15, 0.2) is 0 Å². The number of amides is 1. The highest BCUT2D eigenvalue weighted by Crippen LogP contribution is 2.18. The van der Waals surface area contributed by atoms with Crippen molar-refractivity contribution in [3.05, 3.63) is 0 Å². The number of nitrogens with one attached hydrogen (secondary N) is 1. The lowest BCUT2D eigenvalue weighted by atomic mass is 9.92. The van der Waals surface area contributed by atoms with E-state index in [-0.39, 0.29) is 17.4 Å². The van der Waals surface area contributed by atoms with E-state index in [4.69, 9.17) is 5.26 Å². The van der Waals surface area contributed by atoms with Crippen LogP contribution in [0.25, 0.3) is 0 Å². The van der Waals surface area contributed by atoms with E-state index in [1.807, 2.05) is 27.7 Å². The molecule has 0 radical (unpaired) electrons. The number of nitriles is 1. The molecule has 0 aliphatic heterocycles. The summed E-state index contributed by atoms with van der Waals surface area (Å²) < 4.78 is 0. The van der Waals surface area contributed by atoms with Gasteiger partial charge < -0.3 is 5.32 Å². The molecule has 0 aromatic rings. The normalized spacial score (nSPS) is 13.1. The molecule has 14 heavy (non-hydrogen) atoms. The van der Waals surface area contributed by atoms with Crippen molar-refractivity contribution in [2.45, 2.75) is 53.0 Å². The zero-order valence-corrected chi connectivity index (χ0v) is 9.55. The van der Waals surface area contributed by atoms with Gasteiger partial charge in [-0.2, -0.15) is 5.26 Å². The molecule has 1 amide bonds. The van der Waals surface area contributed by atoms with Crippen LogP contribution in [-0.2, 0) is 4.79 Å². The van der Waals surface area contributed by atoms with Crippen LogP contribution >= 0.6 is 0 Å². The zero-order valence-electron chi connectivity index (χ0n) is 9.55. The van der Waals surface area contributed by atoms with Crippen LogP contribution in [0.5, 0.6) is 0 Å². The number of nitrogens with zero attached hydrogens (tertiary/aromatic N) is 1. The molecule has 3 heteroatoms. The van der Waals surface area contributed by atoms with Crippen molar-refractivity contribution in [3.63, 3.8) is 0 Å². The highest BCUT2D eigenvalue weighted by molar-refractivity contribution is 5.77. The predicted molar refractivity (Wildman–Crippen MR) is 56.5 cm³/mol. The maximum Gasteiger partial charge on any atom is 0.221 e. The largest absolute Gasteiger partial charge is 0.340 e. The van der Waals surface area contributed by atoms with Gasteiger partial charge in [-0.25, -0.2) is 0 Å². The summed E-state index contributed by atoms with van der Waals surface area (Å²) in [5, 5.41) is 11.5. The van der Waals surface area contributed by atoms with Crippen LogP contribution < -0.4 is 5.32 Å². The van der Waals surface area contributed by atoms with Crippen molar-refractivity contribution in [2.75, 3.05) is 0 Å². The van der Waals surface area contributed by atoms with Gasteiger partial charge in [0.1, 0.15) is 6.04 Å². The van der Waals surface area contributed by atoms with Gasteiger partial charge in [0.25, 0.3) is 0 Å². The van der Waals surface area contributed by atoms with Gasteiger partial charge in [0.15, 0.2) is 0 Å².